The molecule has 0 aliphatic carbocycles. The first kappa shape index (κ1) is 17.7. The molecule has 0 aromatic heterocycles. The summed E-state index contributed by atoms with van der Waals surface area (Å²) in [4.78, 5) is 11.9. The third-order valence-corrected chi connectivity index (χ3v) is 3.34. The lowest BCUT2D eigenvalue weighted by atomic mass is 10.3. The molecule has 0 bridgehead atoms. The van der Waals surface area contributed by atoms with Gasteiger partial charge in [-0.1, -0.05) is 24.3 Å². The lowest BCUT2D eigenvalue weighted by Crippen LogP contribution is -2.34. The van der Waals surface area contributed by atoms with Crippen LogP contribution in [0.1, 0.15) is 12.8 Å². The van der Waals surface area contributed by atoms with Crippen LogP contribution < -0.4 is 20.1 Å². The highest BCUT2D eigenvalue weighted by molar-refractivity contribution is 7.80. The van der Waals surface area contributed by atoms with E-state index in [2.05, 4.69) is 10.6 Å². The monoisotopic (exact) mass is 344 g/mol. The fourth-order valence-electron chi connectivity index (χ4n) is 1.99. The molecule has 1 amide bonds. The maximum atomic E-state index is 11.9. The molecule has 0 atom stereocenters. The summed E-state index contributed by atoms with van der Waals surface area (Å²) in [5.74, 6) is 1.37. The highest BCUT2D eigenvalue weighted by Crippen LogP contribution is 2.16. The van der Waals surface area contributed by atoms with Gasteiger partial charge < -0.3 is 20.1 Å². The molecule has 0 heterocycles. The van der Waals surface area contributed by atoms with Crippen molar-refractivity contribution in [2.75, 3.05) is 19.0 Å². The molecule has 0 radical (unpaired) electrons. The molecule has 0 saturated heterocycles. The molecule has 6 heteroatoms. The second-order valence-electron chi connectivity index (χ2n) is 5.00. The highest BCUT2D eigenvalue weighted by atomic mass is 32.1. The predicted octanol–water partition coefficient (Wildman–Crippen LogP) is 3.37. The average molecular weight is 344 g/mol. The van der Waals surface area contributed by atoms with Crippen LogP contribution in [0.25, 0.3) is 0 Å². The zero-order chi connectivity index (χ0) is 17.2. The van der Waals surface area contributed by atoms with Crippen LogP contribution in [0.2, 0.25) is 0 Å². The number of benzene rings is 2. The van der Waals surface area contributed by atoms with Crippen molar-refractivity contribution in [1.82, 2.24) is 5.32 Å². The quantitative estimate of drug-likeness (QED) is 0.596. The summed E-state index contributed by atoms with van der Waals surface area (Å²) in [5.41, 5.74) is 0.757. The fraction of sp³-hybridized carbons (Fsp3) is 0.222. The van der Waals surface area contributed by atoms with Crippen LogP contribution >= 0.6 is 12.2 Å². The molecule has 2 aromatic carbocycles. The molecule has 0 unspecified atom stereocenters. The number of ether oxygens (including phenoxy) is 2. The van der Waals surface area contributed by atoms with Crippen LogP contribution in [0, 0.1) is 0 Å². The first-order valence-corrected chi connectivity index (χ1v) is 8.01. The summed E-state index contributed by atoms with van der Waals surface area (Å²) in [6.45, 7) is 0.480. The van der Waals surface area contributed by atoms with Gasteiger partial charge in [-0.3, -0.25) is 4.79 Å². The lowest BCUT2D eigenvalue weighted by molar-refractivity contribution is -0.119. The van der Waals surface area contributed by atoms with Crippen molar-refractivity contribution in [2.45, 2.75) is 12.8 Å². The molecule has 126 valence electrons. The van der Waals surface area contributed by atoms with Gasteiger partial charge in [0, 0.05) is 18.2 Å². The van der Waals surface area contributed by atoms with Gasteiger partial charge in [0.15, 0.2) is 5.11 Å². The Bertz CT molecular complexity index is 677. The molecule has 24 heavy (non-hydrogen) atoms. The number of nitrogens with one attached hydrogen (secondary N) is 2. The van der Waals surface area contributed by atoms with E-state index in [-0.39, 0.29) is 11.0 Å². The fourth-order valence-corrected chi connectivity index (χ4v) is 2.22. The first-order chi connectivity index (χ1) is 11.7. The normalized spacial score (nSPS) is 9.88. The Kier molecular flexibility index (Phi) is 7.04. The highest BCUT2D eigenvalue weighted by Gasteiger charge is 2.05. The average Bonchev–Trinajstić information content (AvgIpc) is 2.59. The van der Waals surface area contributed by atoms with Gasteiger partial charge in [0.1, 0.15) is 11.5 Å². The van der Waals surface area contributed by atoms with Crippen molar-refractivity contribution in [3.8, 4) is 11.5 Å². The molecular weight excluding hydrogens is 324 g/mol. The molecule has 0 aliphatic heterocycles. The number of thiocarbonyl (C=S) groups is 1. The van der Waals surface area contributed by atoms with Crippen LogP contribution in [-0.2, 0) is 4.79 Å². The van der Waals surface area contributed by atoms with Gasteiger partial charge in [-0.25, -0.2) is 0 Å². The minimum Gasteiger partial charge on any atom is -0.497 e. The van der Waals surface area contributed by atoms with Crippen LogP contribution in [-0.4, -0.2) is 24.7 Å². The summed E-state index contributed by atoms with van der Waals surface area (Å²) in [7, 11) is 1.59. The summed E-state index contributed by atoms with van der Waals surface area (Å²) in [6, 6.07) is 16.8. The Morgan fingerprint density at radius 3 is 2.58 bits per heavy atom. The van der Waals surface area contributed by atoms with Gasteiger partial charge in [-0.15, -0.1) is 0 Å². The number of rotatable bonds is 7. The molecule has 0 spiro atoms. The Labute approximate surface area is 147 Å². The summed E-state index contributed by atoms with van der Waals surface area (Å²) >= 11 is 5.13. The van der Waals surface area contributed by atoms with Crippen LogP contribution in [0.5, 0.6) is 11.5 Å². The Balaban J connectivity index is 1.67. The maximum Gasteiger partial charge on any atom is 0.226 e. The Morgan fingerprint density at radius 2 is 1.83 bits per heavy atom. The molecule has 0 fully saturated rings. The minimum absolute atomic E-state index is 0.146. The number of hydrogen-bond donors (Lipinski definition) is 2. The second kappa shape index (κ2) is 9.52. The number of amides is 1. The van der Waals surface area contributed by atoms with E-state index in [4.69, 9.17) is 21.7 Å². The van der Waals surface area contributed by atoms with Gasteiger partial charge in [0.05, 0.1) is 13.7 Å². The molecule has 0 saturated carbocycles. The van der Waals surface area contributed by atoms with E-state index in [1.807, 2.05) is 48.5 Å². The standard InChI is InChI=1S/C18H20N2O3S/c1-22-16-10-5-7-14(13-16)19-18(24)20-17(21)11-6-12-23-15-8-3-2-4-9-15/h2-5,7-10,13H,6,11-12H2,1H3,(H2,19,20,21,24). The number of carbonyl (C=O) groups is 1. The smallest absolute Gasteiger partial charge is 0.226 e. The van der Waals surface area contributed by atoms with E-state index in [1.165, 1.54) is 0 Å². The predicted molar refractivity (Wildman–Crippen MR) is 98.5 cm³/mol. The van der Waals surface area contributed by atoms with Crippen LogP contribution in [0.3, 0.4) is 0 Å². The van der Waals surface area contributed by atoms with E-state index in [1.54, 1.807) is 13.2 Å². The van der Waals surface area contributed by atoms with Gasteiger partial charge >= 0.3 is 0 Å². The topological polar surface area (TPSA) is 59.6 Å². The Hall–Kier alpha value is -2.60. The maximum absolute atomic E-state index is 11.9. The van der Waals surface area contributed by atoms with Crippen LogP contribution in [0.4, 0.5) is 5.69 Å². The van der Waals surface area contributed by atoms with Crippen molar-refractivity contribution in [3.05, 3.63) is 54.6 Å². The number of hydrogen-bond acceptors (Lipinski definition) is 4. The first-order valence-electron chi connectivity index (χ1n) is 7.60. The Morgan fingerprint density at radius 1 is 1.08 bits per heavy atom. The van der Waals surface area contributed by atoms with Crippen molar-refractivity contribution in [1.29, 1.82) is 0 Å². The van der Waals surface area contributed by atoms with E-state index in [0.29, 0.717) is 25.2 Å². The van der Waals surface area contributed by atoms with Gasteiger partial charge in [0.25, 0.3) is 0 Å². The van der Waals surface area contributed by atoms with Crippen molar-refractivity contribution in [2.24, 2.45) is 0 Å². The minimum atomic E-state index is -0.146. The molecule has 5 nitrogen and oxygen atoms in total. The SMILES string of the molecule is COc1cccc(NC(=S)NC(=O)CCCOc2ccccc2)c1. The molecule has 0 aliphatic rings. The van der Waals surface area contributed by atoms with E-state index in [9.17, 15) is 4.79 Å². The second-order valence-corrected chi connectivity index (χ2v) is 5.41. The van der Waals surface area contributed by atoms with E-state index < -0.39 is 0 Å². The lowest BCUT2D eigenvalue weighted by Gasteiger charge is -2.10. The third-order valence-electron chi connectivity index (χ3n) is 3.14. The zero-order valence-electron chi connectivity index (χ0n) is 13.5. The van der Waals surface area contributed by atoms with E-state index in [0.717, 1.165) is 11.4 Å². The molecule has 2 N–H and O–H groups in total. The summed E-state index contributed by atoms with van der Waals surface area (Å²) in [5, 5.41) is 5.86. The van der Waals surface area contributed by atoms with Gasteiger partial charge in [-0.2, -0.15) is 0 Å². The van der Waals surface area contributed by atoms with E-state index >= 15 is 0 Å². The van der Waals surface area contributed by atoms with Crippen molar-refractivity contribution in [3.63, 3.8) is 0 Å². The van der Waals surface area contributed by atoms with Crippen LogP contribution in [0.15, 0.2) is 54.6 Å². The largest absolute Gasteiger partial charge is 0.497 e. The molecular formula is C18H20N2O3S. The summed E-state index contributed by atoms with van der Waals surface area (Å²) < 4.78 is 10.7. The number of carbonyl (C=O) groups excluding carboxylic acids is 1. The summed E-state index contributed by atoms with van der Waals surface area (Å²) in [6.07, 6.45) is 0.954. The molecule has 2 rings (SSSR count). The zero-order valence-corrected chi connectivity index (χ0v) is 14.3. The number of anilines is 1. The van der Waals surface area contributed by atoms with Crippen molar-refractivity contribution >= 4 is 28.9 Å². The third kappa shape index (κ3) is 6.26. The van der Waals surface area contributed by atoms with Crippen molar-refractivity contribution < 1.29 is 14.3 Å². The van der Waals surface area contributed by atoms with Gasteiger partial charge in [-0.05, 0) is 42.9 Å². The molecule has 2 aromatic rings. The number of para-hydroxylation sites is 1. The number of methoxy groups -OCH3 is 1. The van der Waals surface area contributed by atoms with Gasteiger partial charge in [0.2, 0.25) is 5.91 Å².